The Labute approximate surface area is 239 Å². The molecule has 1 amide bonds. The van der Waals surface area contributed by atoms with Crippen molar-refractivity contribution >= 4 is 44.0 Å². The Morgan fingerprint density at radius 2 is 1.95 bits per heavy atom. The largest absolute Gasteiger partial charge is 0.376 e. The number of ether oxygens (including phenoxy) is 1. The van der Waals surface area contributed by atoms with E-state index < -0.39 is 15.1 Å². The van der Waals surface area contributed by atoms with Crippen LogP contribution in [0.5, 0.6) is 0 Å². The van der Waals surface area contributed by atoms with Crippen molar-refractivity contribution in [2.45, 2.75) is 43.1 Å². The number of sulfone groups is 1. The van der Waals surface area contributed by atoms with Crippen LogP contribution in [0.2, 0.25) is 0 Å². The van der Waals surface area contributed by atoms with Gasteiger partial charge in [-0.25, -0.2) is 18.4 Å². The number of anilines is 3. The molecule has 3 aromatic heterocycles. The van der Waals surface area contributed by atoms with Gasteiger partial charge in [0.2, 0.25) is 0 Å². The molecule has 4 aromatic rings. The number of fused-ring (bicyclic) bond motifs is 3. The molecule has 6 rings (SSSR count). The lowest BCUT2D eigenvalue weighted by molar-refractivity contribution is 0.0950. The Morgan fingerprint density at radius 1 is 1.10 bits per heavy atom. The van der Waals surface area contributed by atoms with Gasteiger partial charge in [0.1, 0.15) is 11.6 Å². The van der Waals surface area contributed by atoms with E-state index in [4.69, 9.17) is 14.7 Å². The second-order valence-electron chi connectivity index (χ2n) is 10.7. The highest BCUT2D eigenvalue weighted by Gasteiger charge is 2.30. The fraction of sp³-hybridized carbons (Fsp3) is 0.333. The molecule has 1 atom stereocenters. The Hall–Kier alpha value is -4.09. The molecule has 0 aliphatic carbocycles. The fourth-order valence-electron chi connectivity index (χ4n) is 5.21. The minimum absolute atomic E-state index is 0.125. The number of hydrogen-bond donors (Lipinski definition) is 1. The first-order valence-electron chi connectivity index (χ1n) is 13.6. The lowest BCUT2D eigenvalue weighted by Gasteiger charge is -2.30. The number of nitrogens with one attached hydrogen (secondary N) is 1. The molecule has 1 aromatic carbocycles. The van der Waals surface area contributed by atoms with Crippen LogP contribution in [0, 0.1) is 0 Å². The maximum Gasteiger partial charge on any atom is 0.251 e. The van der Waals surface area contributed by atoms with E-state index in [2.05, 4.69) is 26.2 Å². The molecule has 0 fully saturated rings. The summed E-state index contributed by atoms with van der Waals surface area (Å²) in [7, 11) is 0.443. The van der Waals surface area contributed by atoms with Gasteiger partial charge in [-0.15, -0.1) is 0 Å². The van der Waals surface area contributed by atoms with Gasteiger partial charge in [0.05, 0.1) is 53.0 Å². The van der Waals surface area contributed by atoms with Crippen LogP contribution in [0.25, 0.3) is 10.9 Å². The highest BCUT2D eigenvalue weighted by atomic mass is 32.2. The van der Waals surface area contributed by atoms with Crippen LogP contribution in [0.1, 0.15) is 40.5 Å². The third-order valence-electron chi connectivity index (χ3n) is 7.63. The summed E-state index contributed by atoms with van der Waals surface area (Å²) in [5, 5.41) is 3.08. The highest BCUT2D eigenvalue weighted by Crippen LogP contribution is 2.33. The molecule has 0 bridgehead atoms. The summed E-state index contributed by atoms with van der Waals surface area (Å²) in [6.07, 6.45) is 5.62. The Morgan fingerprint density at radius 3 is 2.78 bits per heavy atom. The third kappa shape index (κ3) is 5.22. The quantitative estimate of drug-likeness (QED) is 0.381. The lowest BCUT2D eigenvalue weighted by Crippen LogP contribution is -2.27. The number of nitrogens with zero attached hydrogens (tertiary/aromatic N) is 5. The van der Waals surface area contributed by atoms with E-state index in [1.54, 1.807) is 25.3 Å². The van der Waals surface area contributed by atoms with Crippen LogP contribution in [0.15, 0.2) is 59.8 Å². The smallest absolute Gasteiger partial charge is 0.251 e. The van der Waals surface area contributed by atoms with Gasteiger partial charge < -0.3 is 19.9 Å². The first-order valence-corrected chi connectivity index (χ1v) is 15.2. The lowest BCUT2D eigenvalue weighted by atomic mass is 10.0. The second kappa shape index (κ2) is 10.7. The number of aromatic nitrogens is 3. The van der Waals surface area contributed by atoms with Crippen molar-refractivity contribution in [3.63, 3.8) is 0 Å². The molecule has 5 heterocycles. The van der Waals surface area contributed by atoms with Gasteiger partial charge in [-0.3, -0.25) is 9.78 Å². The van der Waals surface area contributed by atoms with E-state index in [0.717, 1.165) is 47.6 Å². The number of hydrogen-bond acceptors (Lipinski definition) is 9. The molecule has 1 N–H and O–H groups in total. The summed E-state index contributed by atoms with van der Waals surface area (Å²) in [6.45, 7) is 2.94. The van der Waals surface area contributed by atoms with Crippen molar-refractivity contribution in [2.75, 3.05) is 37.0 Å². The number of pyridine rings is 3. The zero-order chi connectivity index (χ0) is 28.7. The zero-order valence-corrected chi connectivity index (χ0v) is 24.1. The average molecular weight is 573 g/mol. The monoisotopic (exact) mass is 572 g/mol. The number of benzene rings is 1. The second-order valence-corrected chi connectivity index (χ2v) is 13.1. The predicted octanol–water partition coefficient (Wildman–Crippen LogP) is 3.80. The minimum Gasteiger partial charge on any atom is -0.376 e. The number of amides is 1. The van der Waals surface area contributed by atoms with Gasteiger partial charge in [0.15, 0.2) is 9.84 Å². The third-order valence-corrected chi connectivity index (χ3v) is 9.81. The van der Waals surface area contributed by atoms with E-state index in [1.165, 1.54) is 11.6 Å². The normalized spacial score (nSPS) is 17.8. The molecule has 41 heavy (non-hydrogen) atoms. The van der Waals surface area contributed by atoms with E-state index in [0.29, 0.717) is 11.3 Å². The summed E-state index contributed by atoms with van der Waals surface area (Å²) in [6, 6.07) is 12.8. The maximum atomic E-state index is 13.0. The SMILES string of the molecule is C[C@H]1COCc2ccc(C(=O)NCc3cc4nc(N5CCCc6cc(N(C)C)cnc65)ccc4cn3)cc2S1(=O)=O. The Bertz CT molecular complexity index is 1760. The molecule has 2 aliphatic heterocycles. The minimum atomic E-state index is -3.58. The van der Waals surface area contributed by atoms with Crippen molar-refractivity contribution in [2.24, 2.45) is 0 Å². The van der Waals surface area contributed by atoms with Crippen molar-refractivity contribution in [1.82, 2.24) is 20.3 Å². The van der Waals surface area contributed by atoms with Crippen molar-refractivity contribution in [1.29, 1.82) is 0 Å². The van der Waals surface area contributed by atoms with Crippen molar-refractivity contribution < 1.29 is 17.9 Å². The van der Waals surface area contributed by atoms with E-state index in [-0.39, 0.29) is 36.1 Å². The van der Waals surface area contributed by atoms with E-state index in [1.807, 2.05) is 38.5 Å². The number of carbonyl (C=O) groups is 1. The van der Waals surface area contributed by atoms with E-state index >= 15 is 0 Å². The van der Waals surface area contributed by atoms with Gasteiger partial charge in [-0.1, -0.05) is 6.07 Å². The van der Waals surface area contributed by atoms with Gasteiger partial charge >= 0.3 is 0 Å². The summed E-state index contributed by atoms with van der Waals surface area (Å²) in [5.41, 5.74) is 4.53. The molecule has 11 heteroatoms. The summed E-state index contributed by atoms with van der Waals surface area (Å²) >= 11 is 0. The summed E-state index contributed by atoms with van der Waals surface area (Å²) in [4.78, 5) is 31.5. The molecule has 0 radical (unpaired) electrons. The van der Waals surface area contributed by atoms with Crippen molar-refractivity contribution in [3.05, 3.63) is 77.2 Å². The van der Waals surface area contributed by atoms with Crippen molar-refractivity contribution in [3.8, 4) is 0 Å². The molecule has 10 nitrogen and oxygen atoms in total. The molecular weight excluding hydrogens is 540 g/mol. The molecule has 0 saturated carbocycles. The number of carbonyl (C=O) groups excluding carboxylic acids is 1. The van der Waals surface area contributed by atoms with Crippen LogP contribution in [0.4, 0.5) is 17.3 Å². The fourth-order valence-corrected chi connectivity index (χ4v) is 6.70. The van der Waals surface area contributed by atoms with Crippen LogP contribution in [-0.4, -0.2) is 61.8 Å². The maximum absolute atomic E-state index is 13.0. The zero-order valence-electron chi connectivity index (χ0n) is 23.3. The number of rotatable bonds is 5. The summed E-state index contributed by atoms with van der Waals surface area (Å²) < 4.78 is 31.3. The highest BCUT2D eigenvalue weighted by molar-refractivity contribution is 7.92. The van der Waals surface area contributed by atoms with Crippen LogP contribution in [0.3, 0.4) is 0 Å². The van der Waals surface area contributed by atoms with Gasteiger partial charge in [-0.05, 0) is 67.3 Å². The average Bonchev–Trinajstić information content (AvgIpc) is 3.09. The van der Waals surface area contributed by atoms with Crippen LogP contribution < -0.4 is 15.1 Å². The topological polar surface area (TPSA) is 118 Å². The molecule has 2 aliphatic rings. The van der Waals surface area contributed by atoms with Crippen LogP contribution >= 0.6 is 0 Å². The molecular formula is C30H32N6O4S. The Balaban J connectivity index is 1.21. The van der Waals surface area contributed by atoms with Gasteiger partial charge in [-0.2, -0.15) is 0 Å². The first kappa shape index (κ1) is 27.1. The van der Waals surface area contributed by atoms with E-state index in [9.17, 15) is 13.2 Å². The Kier molecular flexibility index (Phi) is 7.08. The van der Waals surface area contributed by atoms with Gasteiger partial charge in [0, 0.05) is 37.8 Å². The molecule has 0 unspecified atom stereocenters. The number of aryl methyl sites for hydroxylation is 1. The standard InChI is InChI=1S/C30H32N6O4S/c1-19-17-40-18-23-7-6-21(12-27(23)41(19,38)39)30(37)33-15-24-13-26-22(14-31-24)8-9-28(34-26)36-10-4-5-20-11-25(35(2)3)16-32-29(20)36/h6-9,11-14,16,19H,4-5,10,15,17-18H2,1-3H3,(H,33,37)/t19-/m0/s1. The predicted molar refractivity (Wildman–Crippen MR) is 157 cm³/mol. The molecule has 212 valence electrons. The van der Waals surface area contributed by atoms with Crippen LogP contribution in [-0.2, 0) is 34.1 Å². The van der Waals surface area contributed by atoms with Gasteiger partial charge in [0.25, 0.3) is 5.91 Å². The summed E-state index contributed by atoms with van der Waals surface area (Å²) in [5.74, 6) is 1.37. The molecule has 0 saturated heterocycles. The molecule has 0 spiro atoms. The first-order chi connectivity index (χ1) is 19.7.